The molecule has 1 aromatic heterocycles. The summed E-state index contributed by atoms with van der Waals surface area (Å²) in [7, 11) is 1.90. The van der Waals surface area contributed by atoms with Gasteiger partial charge in [0, 0.05) is 31.3 Å². The average molecular weight is 359 g/mol. The van der Waals surface area contributed by atoms with Crippen molar-refractivity contribution in [1.82, 2.24) is 15.1 Å². The molecule has 0 bridgehead atoms. The van der Waals surface area contributed by atoms with Crippen molar-refractivity contribution in [2.45, 2.75) is 52.4 Å². The number of aromatic nitrogens is 2. The van der Waals surface area contributed by atoms with E-state index in [1.807, 2.05) is 18.0 Å². The van der Waals surface area contributed by atoms with Gasteiger partial charge in [-0.2, -0.15) is 5.10 Å². The zero-order chi connectivity index (χ0) is 18.9. The molecule has 0 saturated heterocycles. The molecule has 0 atom stereocenters. The average Bonchev–Trinajstić information content (AvgIpc) is 3.08. The van der Waals surface area contributed by atoms with Crippen LogP contribution in [-0.2, 0) is 11.2 Å². The molecule has 0 fully saturated rings. The second kappa shape index (κ2) is 10.1. The zero-order valence-corrected chi connectivity index (χ0v) is 16.1. The van der Waals surface area contributed by atoms with Gasteiger partial charge in [0.2, 0.25) is 5.91 Å². The summed E-state index contributed by atoms with van der Waals surface area (Å²) in [5.74, 6) is 0.579. The number of nitrogens with one attached hydrogen (secondary N) is 1. The van der Waals surface area contributed by atoms with Gasteiger partial charge in [-0.15, -0.1) is 0 Å². The summed E-state index contributed by atoms with van der Waals surface area (Å²) in [6, 6.07) is 8.39. The highest BCUT2D eigenvalue weighted by Crippen LogP contribution is 2.19. The lowest BCUT2D eigenvalue weighted by Gasteiger charge is -2.17. The van der Waals surface area contributed by atoms with E-state index in [1.165, 1.54) is 12.1 Å². The lowest BCUT2D eigenvalue weighted by Crippen LogP contribution is -2.27. The van der Waals surface area contributed by atoms with Crippen LogP contribution in [-0.4, -0.2) is 34.6 Å². The van der Waals surface area contributed by atoms with Crippen molar-refractivity contribution in [2.75, 3.05) is 13.6 Å². The first-order valence-corrected chi connectivity index (χ1v) is 9.50. The van der Waals surface area contributed by atoms with Crippen molar-refractivity contribution in [3.63, 3.8) is 0 Å². The minimum atomic E-state index is -0.239. The summed E-state index contributed by atoms with van der Waals surface area (Å²) in [6.07, 6.45) is 5.68. The largest absolute Gasteiger partial charge is 0.346 e. The predicted molar refractivity (Wildman–Crippen MR) is 103 cm³/mol. The number of unbranched alkanes of at least 4 members (excludes halogenated alkanes) is 2. The molecular formula is C21H30FN3O. The minimum Gasteiger partial charge on any atom is -0.346 e. The van der Waals surface area contributed by atoms with Crippen LogP contribution in [0.2, 0.25) is 0 Å². The number of aromatic amines is 1. The molecule has 0 spiro atoms. The molecule has 0 aliphatic heterocycles. The van der Waals surface area contributed by atoms with E-state index in [0.717, 1.165) is 55.6 Å². The summed E-state index contributed by atoms with van der Waals surface area (Å²) in [4.78, 5) is 13.8. The van der Waals surface area contributed by atoms with Crippen molar-refractivity contribution in [2.24, 2.45) is 5.92 Å². The Morgan fingerprint density at radius 1 is 1.19 bits per heavy atom. The van der Waals surface area contributed by atoms with Gasteiger partial charge in [-0.05, 0) is 61.9 Å². The Hall–Kier alpha value is -2.17. The number of halogens is 1. The highest BCUT2D eigenvalue weighted by molar-refractivity contribution is 5.75. The fourth-order valence-corrected chi connectivity index (χ4v) is 2.83. The number of amides is 1. The van der Waals surface area contributed by atoms with Crippen LogP contribution in [0.25, 0.3) is 11.3 Å². The van der Waals surface area contributed by atoms with Crippen LogP contribution < -0.4 is 0 Å². The number of rotatable bonds is 10. The lowest BCUT2D eigenvalue weighted by atomic mass is 10.1. The van der Waals surface area contributed by atoms with Crippen molar-refractivity contribution < 1.29 is 9.18 Å². The fraction of sp³-hybridized carbons (Fsp3) is 0.524. The number of hydrogen-bond acceptors (Lipinski definition) is 2. The van der Waals surface area contributed by atoms with Gasteiger partial charge in [-0.1, -0.05) is 20.3 Å². The molecule has 5 heteroatoms. The van der Waals surface area contributed by atoms with E-state index in [9.17, 15) is 9.18 Å². The second-order valence-electron chi connectivity index (χ2n) is 7.34. The fourth-order valence-electron chi connectivity index (χ4n) is 2.83. The molecule has 2 rings (SSSR count). The third-order valence-corrected chi connectivity index (χ3v) is 4.57. The monoisotopic (exact) mass is 359 g/mol. The van der Waals surface area contributed by atoms with Crippen LogP contribution in [0.15, 0.2) is 30.3 Å². The van der Waals surface area contributed by atoms with Gasteiger partial charge in [0.05, 0.1) is 5.69 Å². The van der Waals surface area contributed by atoms with Gasteiger partial charge in [-0.3, -0.25) is 9.89 Å². The minimum absolute atomic E-state index is 0.239. The van der Waals surface area contributed by atoms with E-state index in [4.69, 9.17) is 0 Å². The summed E-state index contributed by atoms with van der Waals surface area (Å²) >= 11 is 0. The van der Waals surface area contributed by atoms with E-state index < -0.39 is 0 Å². The Balaban J connectivity index is 1.66. The van der Waals surface area contributed by atoms with Gasteiger partial charge >= 0.3 is 0 Å². The summed E-state index contributed by atoms with van der Waals surface area (Å²) in [5.41, 5.74) is 2.84. The highest BCUT2D eigenvalue weighted by atomic mass is 19.1. The Bertz CT molecular complexity index is 679. The van der Waals surface area contributed by atoms with Gasteiger partial charge in [0.1, 0.15) is 5.82 Å². The lowest BCUT2D eigenvalue weighted by molar-refractivity contribution is -0.130. The van der Waals surface area contributed by atoms with Gasteiger partial charge < -0.3 is 4.90 Å². The number of carbonyl (C=O) groups is 1. The Kier molecular flexibility index (Phi) is 7.82. The van der Waals surface area contributed by atoms with Crippen LogP contribution in [0, 0.1) is 11.7 Å². The van der Waals surface area contributed by atoms with Crippen LogP contribution >= 0.6 is 0 Å². The molecule has 0 aliphatic carbocycles. The van der Waals surface area contributed by atoms with E-state index in [0.29, 0.717) is 12.3 Å². The highest BCUT2D eigenvalue weighted by Gasteiger charge is 2.09. The van der Waals surface area contributed by atoms with Crippen LogP contribution in [0.1, 0.15) is 51.6 Å². The maximum Gasteiger partial charge on any atom is 0.222 e. The maximum absolute atomic E-state index is 13.0. The van der Waals surface area contributed by atoms with Gasteiger partial charge in [-0.25, -0.2) is 4.39 Å². The molecule has 1 aromatic carbocycles. The first kappa shape index (κ1) is 20.1. The molecule has 0 aliphatic rings. The molecule has 2 aromatic rings. The van der Waals surface area contributed by atoms with E-state index in [2.05, 4.69) is 24.0 Å². The third kappa shape index (κ3) is 6.62. The number of nitrogens with zero attached hydrogens (tertiary/aromatic N) is 2. The van der Waals surface area contributed by atoms with Crippen LogP contribution in [0.4, 0.5) is 4.39 Å². The number of aryl methyl sites for hydroxylation is 1. The quantitative estimate of drug-likeness (QED) is 0.618. The Morgan fingerprint density at radius 3 is 2.62 bits per heavy atom. The summed E-state index contributed by atoms with van der Waals surface area (Å²) in [5, 5.41) is 7.36. The number of carbonyl (C=O) groups excluding carboxylic acids is 1. The standard InChI is InChI=1S/C21H30FN3O/c1-16(2)8-13-21(26)25(3)14-6-4-5-7-19-15-20(24-23-19)17-9-11-18(22)12-10-17/h9-12,15-16H,4-8,13-14H2,1-3H3,(H,23,24). The van der Waals surface area contributed by atoms with Crippen LogP contribution in [0.3, 0.4) is 0 Å². The number of hydrogen-bond donors (Lipinski definition) is 1. The molecular weight excluding hydrogens is 329 g/mol. The summed E-state index contributed by atoms with van der Waals surface area (Å²) < 4.78 is 13.0. The SMILES string of the molecule is CC(C)CCC(=O)N(C)CCCCCc1cc(-c2ccc(F)cc2)n[nH]1. The number of benzene rings is 1. The van der Waals surface area contributed by atoms with Crippen molar-refractivity contribution in [3.05, 3.63) is 41.8 Å². The zero-order valence-electron chi connectivity index (χ0n) is 16.1. The first-order chi connectivity index (χ1) is 12.5. The predicted octanol–water partition coefficient (Wildman–Crippen LogP) is 4.82. The third-order valence-electron chi connectivity index (χ3n) is 4.57. The Morgan fingerprint density at radius 2 is 1.92 bits per heavy atom. The van der Waals surface area contributed by atoms with Crippen molar-refractivity contribution >= 4 is 5.91 Å². The van der Waals surface area contributed by atoms with Crippen molar-refractivity contribution in [3.8, 4) is 11.3 Å². The molecule has 1 amide bonds. The molecule has 0 saturated carbocycles. The molecule has 142 valence electrons. The van der Waals surface area contributed by atoms with Crippen molar-refractivity contribution in [1.29, 1.82) is 0 Å². The van der Waals surface area contributed by atoms with E-state index in [-0.39, 0.29) is 11.7 Å². The van der Waals surface area contributed by atoms with Crippen LogP contribution in [0.5, 0.6) is 0 Å². The van der Waals surface area contributed by atoms with Gasteiger partial charge in [0.15, 0.2) is 0 Å². The van der Waals surface area contributed by atoms with E-state index in [1.54, 1.807) is 12.1 Å². The molecule has 0 unspecified atom stereocenters. The smallest absolute Gasteiger partial charge is 0.222 e. The van der Waals surface area contributed by atoms with Gasteiger partial charge in [0.25, 0.3) is 0 Å². The maximum atomic E-state index is 13.0. The first-order valence-electron chi connectivity index (χ1n) is 9.50. The number of H-pyrrole nitrogens is 1. The molecule has 1 N–H and O–H groups in total. The molecule has 26 heavy (non-hydrogen) atoms. The normalized spacial score (nSPS) is 11.1. The van der Waals surface area contributed by atoms with E-state index >= 15 is 0 Å². The second-order valence-corrected chi connectivity index (χ2v) is 7.34. The molecule has 1 heterocycles. The summed E-state index contributed by atoms with van der Waals surface area (Å²) in [6.45, 7) is 5.11. The Labute approximate surface area is 155 Å². The topological polar surface area (TPSA) is 49.0 Å². The molecule has 0 radical (unpaired) electrons. The molecule has 4 nitrogen and oxygen atoms in total.